The minimum atomic E-state index is -2.80. The van der Waals surface area contributed by atoms with E-state index in [4.69, 9.17) is 15.0 Å². The van der Waals surface area contributed by atoms with Crippen LogP contribution in [0.1, 0.15) is 11.1 Å². The largest absolute Gasteiger partial charge is 0.208 e. The zero-order chi connectivity index (χ0) is 38.5. The Bertz CT molecular complexity index is 3040. The van der Waals surface area contributed by atoms with Gasteiger partial charge in [0.25, 0.3) is 0 Å². The van der Waals surface area contributed by atoms with Gasteiger partial charge in [0.1, 0.15) is 0 Å². The Hall–Kier alpha value is -7.27. The maximum atomic E-state index is 5.43. The smallest absolute Gasteiger partial charge is 0.179 e. The molecule has 1 aliphatic carbocycles. The molecule has 272 valence electrons. The number of hydrogen-bond donors (Lipinski definition) is 0. The van der Waals surface area contributed by atoms with Gasteiger partial charge in [0, 0.05) is 16.7 Å². The monoisotopic (exact) mass is 755 g/mol. The maximum Gasteiger partial charge on any atom is 0.179 e. The summed E-state index contributed by atoms with van der Waals surface area (Å²) in [4.78, 5) is 16.2. The second-order valence-electron chi connectivity index (χ2n) is 15.1. The molecule has 0 fully saturated rings. The van der Waals surface area contributed by atoms with Crippen LogP contribution in [0.3, 0.4) is 0 Å². The Morgan fingerprint density at radius 2 is 0.828 bits per heavy atom. The van der Waals surface area contributed by atoms with Crippen molar-refractivity contribution in [2.75, 3.05) is 0 Å². The Kier molecular flexibility index (Phi) is 8.23. The summed E-state index contributed by atoms with van der Waals surface area (Å²) in [6, 6.07) is 76.9. The van der Waals surface area contributed by atoms with Gasteiger partial charge in [0.15, 0.2) is 25.5 Å². The molecule has 1 heterocycles. The summed E-state index contributed by atoms with van der Waals surface area (Å²) in [5.74, 6) is 1.99. The third-order valence-corrected chi connectivity index (χ3v) is 16.6. The standard InChI is InChI=1S/C54H37N3Si/c1-4-23-43(24-5-1)58(44-25-6-2-7-26-44,45-27-8-3-9-28-45)46-29-14-22-41(35-46)52-55-53(48-31-15-20-37-17-12-13-30-47(37)48)57-54(56-52)49-32-16-21-40-34-42-33-38-18-10-11-19-39(38)36-50(42)51(40)49/h1-33,35-36H,34H2. The topological polar surface area (TPSA) is 38.7 Å². The van der Waals surface area contributed by atoms with Crippen LogP contribution in [0.15, 0.2) is 212 Å². The van der Waals surface area contributed by atoms with Gasteiger partial charge in [-0.2, -0.15) is 0 Å². The first-order chi connectivity index (χ1) is 28.7. The summed E-state index contributed by atoms with van der Waals surface area (Å²) < 4.78 is 0. The quantitative estimate of drug-likeness (QED) is 0.120. The van der Waals surface area contributed by atoms with E-state index in [1.165, 1.54) is 53.8 Å². The normalized spacial score (nSPS) is 12.1. The SMILES string of the molecule is c1ccc([Si](c2ccccc2)(c2ccccc2)c2cccc(-c3nc(-c4cccc5c4-c4cc6ccccc6cc4C5)nc(-c4cccc5ccccc45)n3)c2)cc1. The van der Waals surface area contributed by atoms with Crippen LogP contribution in [-0.2, 0) is 6.42 Å². The molecule has 11 rings (SSSR count). The number of hydrogen-bond acceptors (Lipinski definition) is 3. The van der Waals surface area contributed by atoms with E-state index in [1.54, 1.807) is 0 Å². The van der Waals surface area contributed by atoms with Crippen LogP contribution in [0.5, 0.6) is 0 Å². The molecule has 0 atom stereocenters. The van der Waals surface area contributed by atoms with Crippen molar-refractivity contribution in [2.24, 2.45) is 0 Å². The first-order valence-electron chi connectivity index (χ1n) is 19.9. The third kappa shape index (κ3) is 5.60. The maximum absolute atomic E-state index is 5.43. The van der Waals surface area contributed by atoms with Gasteiger partial charge in [-0.05, 0) is 77.0 Å². The number of benzene rings is 9. The molecular weight excluding hydrogens is 719 g/mol. The van der Waals surface area contributed by atoms with Gasteiger partial charge in [-0.25, -0.2) is 15.0 Å². The van der Waals surface area contributed by atoms with Crippen LogP contribution in [0, 0.1) is 0 Å². The van der Waals surface area contributed by atoms with Gasteiger partial charge in [-0.1, -0.05) is 206 Å². The van der Waals surface area contributed by atoms with Gasteiger partial charge in [-0.15, -0.1) is 0 Å². The van der Waals surface area contributed by atoms with Crippen molar-refractivity contribution in [1.29, 1.82) is 0 Å². The van der Waals surface area contributed by atoms with E-state index < -0.39 is 8.07 Å². The van der Waals surface area contributed by atoms with E-state index in [2.05, 4.69) is 212 Å². The van der Waals surface area contributed by atoms with E-state index in [0.29, 0.717) is 17.5 Å². The van der Waals surface area contributed by atoms with Crippen LogP contribution >= 0.6 is 0 Å². The van der Waals surface area contributed by atoms with Crippen molar-refractivity contribution in [1.82, 2.24) is 15.0 Å². The molecule has 0 radical (unpaired) electrons. The molecule has 1 aliphatic rings. The number of fused-ring (bicyclic) bond motifs is 5. The van der Waals surface area contributed by atoms with Crippen molar-refractivity contribution in [2.45, 2.75) is 6.42 Å². The van der Waals surface area contributed by atoms with E-state index >= 15 is 0 Å². The molecule has 4 heteroatoms. The van der Waals surface area contributed by atoms with Crippen molar-refractivity contribution in [3.8, 4) is 45.3 Å². The summed E-state index contributed by atoms with van der Waals surface area (Å²) in [5.41, 5.74) is 8.06. The number of rotatable bonds is 7. The summed E-state index contributed by atoms with van der Waals surface area (Å²) in [5, 5.41) is 9.99. The molecule has 0 unspecified atom stereocenters. The molecule has 10 aromatic rings. The Labute approximate surface area is 339 Å². The summed E-state index contributed by atoms with van der Waals surface area (Å²) in [6.07, 6.45) is 0.880. The molecule has 1 aromatic heterocycles. The van der Waals surface area contributed by atoms with E-state index in [0.717, 1.165) is 33.9 Å². The van der Waals surface area contributed by atoms with Gasteiger partial charge in [0.05, 0.1) is 0 Å². The van der Waals surface area contributed by atoms with Crippen molar-refractivity contribution < 1.29 is 0 Å². The lowest BCUT2D eigenvalue weighted by Crippen LogP contribution is -2.74. The molecule has 0 saturated carbocycles. The highest BCUT2D eigenvalue weighted by Gasteiger charge is 2.41. The highest BCUT2D eigenvalue weighted by Crippen LogP contribution is 2.44. The van der Waals surface area contributed by atoms with Crippen molar-refractivity contribution >= 4 is 50.4 Å². The molecule has 0 spiro atoms. The van der Waals surface area contributed by atoms with Crippen molar-refractivity contribution in [3.05, 3.63) is 223 Å². The average Bonchev–Trinajstić information content (AvgIpc) is 3.67. The Morgan fingerprint density at radius 3 is 1.52 bits per heavy atom. The lowest BCUT2D eigenvalue weighted by Gasteiger charge is -2.34. The van der Waals surface area contributed by atoms with Crippen molar-refractivity contribution in [3.63, 3.8) is 0 Å². The molecular formula is C54H37N3Si. The zero-order valence-electron chi connectivity index (χ0n) is 31.8. The fourth-order valence-corrected chi connectivity index (χ4v) is 14.0. The second kappa shape index (κ2) is 14.0. The molecule has 0 bridgehead atoms. The van der Waals surface area contributed by atoms with Crippen LogP contribution in [-0.4, -0.2) is 23.0 Å². The average molecular weight is 756 g/mol. The molecule has 3 nitrogen and oxygen atoms in total. The lowest BCUT2D eigenvalue weighted by molar-refractivity contribution is 1.08. The van der Waals surface area contributed by atoms with Gasteiger partial charge in [0.2, 0.25) is 0 Å². The first kappa shape index (κ1) is 34.0. The lowest BCUT2D eigenvalue weighted by atomic mass is 9.96. The summed E-state index contributed by atoms with van der Waals surface area (Å²) in [6.45, 7) is 0. The van der Waals surface area contributed by atoms with E-state index in [1.807, 2.05) is 0 Å². The van der Waals surface area contributed by atoms with E-state index in [-0.39, 0.29) is 0 Å². The molecule has 9 aromatic carbocycles. The van der Waals surface area contributed by atoms with Crippen LogP contribution in [0.4, 0.5) is 0 Å². The predicted molar refractivity (Wildman–Crippen MR) is 243 cm³/mol. The Morgan fingerprint density at radius 1 is 0.328 bits per heavy atom. The molecule has 58 heavy (non-hydrogen) atoms. The zero-order valence-corrected chi connectivity index (χ0v) is 32.8. The number of aromatic nitrogens is 3. The minimum absolute atomic E-state index is 0.654. The predicted octanol–water partition coefficient (Wildman–Crippen LogP) is 10.1. The molecule has 0 N–H and O–H groups in total. The molecule has 0 saturated heterocycles. The summed E-state index contributed by atoms with van der Waals surface area (Å²) >= 11 is 0. The third-order valence-electron chi connectivity index (χ3n) is 11.9. The van der Waals surface area contributed by atoms with Crippen LogP contribution in [0.25, 0.3) is 66.8 Å². The fourth-order valence-electron chi connectivity index (χ4n) is 9.25. The highest BCUT2D eigenvalue weighted by atomic mass is 28.3. The summed E-state index contributed by atoms with van der Waals surface area (Å²) in [7, 11) is -2.80. The minimum Gasteiger partial charge on any atom is -0.208 e. The van der Waals surface area contributed by atoms with Crippen LogP contribution < -0.4 is 20.7 Å². The van der Waals surface area contributed by atoms with Gasteiger partial charge < -0.3 is 0 Å². The van der Waals surface area contributed by atoms with Gasteiger partial charge >= 0.3 is 0 Å². The van der Waals surface area contributed by atoms with Gasteiger partial charge in [-0.3, -0.25) is 0 Å². The second-order valence-corrected chi connectivity index (χ2v) is 18.9. The molecule has 0 amide bonds. The highest BCUT2D eigenvalue weighted by molar-refractivity contribution is 7.19. The molecule has 0 aliphatic heterocycles. The van der Waals surface area contributed by atoms with E-state index in [9.17, 15) is 0 Å². The van der Waals surface area contributed by atoms with Crippen LogP contribution in [0.2, 0.25) is 0 Å². The number of nitrogens with zero attached hydrogens (tertiary/aromatic N) is 3. The first-order valence-corrected chi connectivity index (χ1v) is 21.9. The fraction of sp³-hybridized carbons (Fsp3) is 0.0185. The Balaban J connectivity index is 1.16.